The molecule has 0 bridgehead atoms. The summed E-state index contributed by atoms with van der Waals surface area (Å²) in [7, 11) is 0. The van der Waals surface area contributed by atoms with Crippen LogP contribution < -0.4 is 0 Å². The summed E-state index contributed by atoms with van der Waals surface area (Å²) in [5.41, 5.74) is 1.69. The monoisotopic (exact) mass is 200 g/mol. The van der Waals surface area contributed by atoms with Gasteiger partial charge in [0.25, 0.3) is 0 Å². The minimum Gasteiger partial charge on any atom is -0.158 e. The highest BCUT2D eigenvalue weighted by Crippen LogP contribution is 2.22. The minimum absolute atomic E-state index is 0.328. The van der Waals surface area contributed by atoms with Gasteiger partial charge in [0.2, 0.25) is 0 Å². The Labute approximate surface area is 90.3 Å². The molecule has 0 radical (unpaired) electrons. The molecule has 1 aromatic carbocycles. The molecule has 0 spiro atoms. The SMILES string of the molecule is CC(C)(C)Cc1ccc2cnncc2c1. The molecule has 15 heavy (non-hydrogen) atoms. The Morgan fingerprint density at radius 3 is 2.33 bits per heavy atom. The molecule has 0 unspecified atom stereocenters. The van der Waals surface area contributed by atoms with Gasteiger partial charge in [-0.05, 0) is 23.5 Å². The Balaban J connectivity index is 2.39. The molecule has 0 fully saturated rings. The Kier molecular flexibility index (Phi) is 2.43. The van der Waals surface area contributed by atoms with E-state index >= 15 is 0 Å². The maximum atomic E-state index is 3.90. The molecule has 0 saturated heterocycles. The van der Waals surface area contributed by atoms with Crippen molar-refractivity contribution in [1.29, 1.82) is 0 Å². The van der Waals surface area contributed by atoms with E-state index in [4.69, 9.17) is 0 Å². The molecule has 0 saturated carbocycles. The van der Waals surface area contributed by atoms with Crippen molar-refractivity contribution < 1.29 is 0 Å². The van der Waals surface area contributed by atoms with Crippen molar-refractivity contribution in [2.24, 2.45) is 5.41 Å². The van der Waals surface area contributed by atoms with Crippen LogP contribution in [0.25, 0.3) is 10.8 Å². The molecule has 2 rings (SSSR count). The van der Waals surface area contributed by atoms with Crippen LogP contribution in [0.5, 0.6) is 0 Å². The molecule has 1 aromatic heterocycles. The Morgan fingerprint density at radius 2 is 1.67 bits per heavy atom. The van der Waals surface area contributed by atoms with Gasteiger partial charge < -0.3 is 0 Å². The van der Waals surface area contributed by atoms with Crippen LogP contribution in [0.2, 0.25) is 0 Å². The summed E-state index contributed by atoms with van der Waals surface area (Å²) in [6.45, 7) is 6.76. The van der Waals surface area contributed by atoms with Gasteiger partial charge >= 0.3 is 0 Å². The molecule has 2 nitrogen and oxygen atoms in total. The zero-order chi connectivity index (χ0) is 10.9. The van der Waals surface area contributed by atoms with Crippen molar-refractivity contribution in [3.8, 4) is 0 Å². The van der Waals surface area contributed by atoms with E-state index in [1.807, 2.05) is 6.20 Å². The van der Waals surface area contributed by atoms with Gasteiger partial charge in [-0.3, -0.25) is 0 Å². The molecular weight excluding hydrogens is 184 g/mol. The quantitative estimate of drug-likeness (QED) is 0.706. The predicted molar refractivity (Wildman–Crippen MR) is 62.7 cm³/mol. The van der Waals surface area contributed by atoms with E-state index in [-0.39, 0.29) is 0 Å². The number of benzene rings is 1. The van der Waals surface area contributed by atoms with Crippen molar-refractivity contribution in [2.45, 2.75) is 27.2 Å². The van der Waals surface area contributed by atoms with Crippen molar-refractivity contribution in [2.75, 3.05) is 0 Å². The summed E-state index contributed by atoms with van der Waals surface area (Å²) in [6.07, 6.45) is 4.71. The second-order valence-corrected chi connectivity index (χ2v) is 5.19. The van der Waals surface area contributed by atoms with Gasteiger partial charge in [-0.2, -0.15) is 10.2 Å². The lowest BCUT2D eigenvalue weighted by Crippen LogP contribution is -2.08. The van der Waals surface area contributed by atoms with E-state index in [9.17, 15) is 0 Å². The van der Waals surface area contributed by atoms with Gasteiger partial charge in [-0.1, -0.05) is 32.9 Å². The van der Waals surface area contributed by atoms with Crippen LogP contribution >= 0.6 is 0 Å². The first-order valence-corrected chi connectivity index (χ1v) is 5.24. The summed E-state index contributed by atoms with van der Waals surface area (Å²) in [4.78, 5) is 0. The van der Waals surface area contributed by atoms with Crippen LogP contribution in [0.1, 0.15) is 26.3 Å². The van der Waals surface area contributed by atoms with Gasteiger partial charge in [0.15, 0.2) is 0 Å². The Bertz CT molecular complexity index is 469. The summed E-state index contributed by atoms with van der Waals surface area (Å²) >= 11 is 0. The number of rotatable bonds is 1. The topological polar surface area (TPSA) is 25.8 Å². The molecule has 0 aliphatic rings. The first-order chi connectivity index (χ1) is 7.04. The third kappa shape index (κ3) is 2.52. The van der Waals surface area contributed by atoms with Gasteiger partial charge in [-0.25, -0.2) is 0 Å². The molecule has 1 heterocycles. The highest BCUT2D eigenvalue weighted by molar-refractivity contribution is 5.81. The predicted octanol–water partition coefficient (Wildman–Crippen LogP) is 3.22. The summed E-state index contributed by atoms with van der Waals surface area (Å²) in [6, 6.07) is 6.50. The number of aromatic nitrogens is 2. The van der Waals surface area contributed by atoms with Gasteiger partial charge in [0.05, 0.1) is 12.4 Å². The lowest BCUT2D eigenvalue weighted by Gasteiger charge is -2.18. The first kappa shape index (κ1) is 10.1. The van der Waals surface area contributed by atoms with Crippen molar-refractivity contribution in [3.05, 3.63) is 36.2 Å². The number of fused-ring (bicyclic) bond motifs is 1. The first-order valence-electron chi connectivity index (χ1n) is 5.24. The van der Waals surface area contributed by atoms with E-state index in [2.05, 4.69) is 49.2 Å². The third-order valence-electron chi connectivity index (χ3n) is 2.35. The Hall–Kier alpha value is -1.44. The largest absolute Gasteiger partial charge is 0.158 e. The maximum absolute atomic E-state index is 3.90. The fraction of sp³-hybridized carbons (Fsp3) is 0.385. The Morgan fingerprint density at radius 1 is 1.00 bits per heavy atom. The second-order valence-electron chi connectivity index (χ2n) is 5.19. The van der Waals surface area contributed by atoms with Crippen molar-refractivity contribution >= 4 is 10.8 Å². The van der Waals surface area contributed by atoms with E-state index in [1.54, 1.807) is 6.20 Å². The molecule has 0 amide bonds. The van der Waals surface area contributed by atoms with Crippen molar-refractivity contribution in [1.82, 2.24) is 10.2 Å². The van der Waals surface area contributed by atoms with E-state index < -0.39 is 0 Å². The maximum Gasteiger partial charge on any atom is 0.0574 e. The molecule has 0 aliphatic heterocycles. The van der Waals surface area contributed by atoms with Gasteiger partial charge in [0, 0.05) is 10.8 Å². The molecule has 0 atom stereocenters. The summed E-state index contributed by atoms with van der Waals surface area (Å²) in [5, 5.41) is 10.1. The van der Waals surface area contributed by atoms with Crippen LogP contribution in [0.3, 0.4) is 0 Å². The smallest absolute Gasteiger partial charge is 0.0574 e. The molecule has 0 aliphatic carbocycles. The molecule has 2 heteroatoms. The van der Waals surface area contributed by atoms with Crippen LogP contribution in [0, 0.1) is 5.41 Å². The van der Waals surface area contributed by atoms with Crippen LogP contribution in [0.4, 0.5) is 0 Å². The molecule has 78 valence electrons. The van der Waals surface area contributed by atoms with Crippen LogP contribution in [-0.2, 0) is 6.42 Å². The highest BCUT2D eigenvalue weighted by atomic mass is 15.1. The lowest BCUT2D eigenvalue weighted by molar-refractivity contribution is 0.411. The molecular formula is C13H16N2. The summed E-state index contributed by atoms with van der Waals surface area (Å²) in [5.74, 6) is 0. The van der Waals surface area contributed by atoms with E-state index in [1.165, 1.54) is 10.9 Å². The van der Waals surface area contributed by atoms with Gasteiger partial charge in [0.1, 0.15) is 0 Å². The zero-order valence-corrected chi connectivity index (χ0v) is 9.49. The van der Waals surface area contributed by atoms with Gasteiger partial charge in [-0.15, -0.1) is 0 Å². The van der Waals surface area contributed by atoms with Crippen molar-refractivity contribution in [3.63, 3.8) is 0 Å². The van der Waals surface area contributed by atoms with Crippen LogP contribution in [0.15, 0.2) is 30.6 Å². The third-order valence-corrected chi connectivity index (χ3v) is 2.35. The molecule has 0 N–H and O–H groups in total. The normalized spacial score (nSPS) is 11.9. The second kappa shape index (κ2) is 3.61. The fourth-order valence-corrected chi connectivity index (χ4v) is 1.77. The number of hydrogen-bond donors (Lipinski definition) is 0. The number of hydrogen-bond acceptors (Lipinski definition) is 2. The fourth-order valence-electron chi connectivity index (χ4n) is 1.77. The van der Waals surface area contributed by atoms with E-state index in [0.29, 0.717) is 5.41 Å². The summed E-state index contributed by atoms with van der Waals surface area (Å²) < 4.78 is 0. The standard InChI is InChI=1S/C13H16N2/c1-13(2,3)7-10-4-5-11-8-14-15-9-12(11)6-10/h4-6,8-9H,7H2,1-3H3. The number of nitrogens with zero attached hydrogens (tertiary/aromatic N) is 2. The average molecular weight is 200 g/mol. The highest BCUT2D eigenvalue weighted by Gasteiger charge is 2.11. The lowest BCUT2D eigenvalue weighted by atomic mass is 9.88. The molecule has 2 aromatic rings. The minimum atomic E-state index is 0.328. The van der Waals surface area contributed by atoms with Crippen LogP contribution in [-0.4, -0.2) is 10.2 Å². The zero-order valence-electron chi connectivity index (χ0n) is 9.49. The average Bonchev–Trinajstić information content (AvgIpc) is 2.15. The van der Waals surface area contributed by atoms with E-state index in [0.717, 1.165) is 11.8 Å².